The van der Waals surface area contributed by atoms with E-state index in [1.807, 2.05) is 0 Å². The van der Waals surface area contributed by atoms with Gasteiger partial charge in [-0.1, -0.05) is 29.9 Å². The second-order valence-electron chi connectivity index (χ2n) is 4.61. The lowest BCUT2D eigenvalue weighted by Gasteiger charge is -2.22. The van der Waals surface area contributed by atoms with Gasteiger partial charge in [0.2, 0.25) is 0 Å². The Balaban J connectivity index is 2.11. The maximum Gasteiger partial charge on any atom is 0.136 e. The van der Waals surface area contributed by atoms with Gasteiger partial charge >= 0.3 is 0 Å². The monoisotopic (exact) mass is 224 g/mol. The molecule has 1 unspecified atom stereocenters. The Morgan fingerprint density at radius 2 is 2.06 bits per heavy atom. The van der Waals surface area contributed by atoms with Gasteiger partial charge in [-0.2, -0.15) is 0 Å². The molecule has 1 aliphatic heterocycles. The third-order valence-corrected chi connectivity index (χ3v) is 3.18. The molecule has 17 heavy (non-hydrogen) atoms. The molecular formula is C16H16O. The zero-order valence-corrected chi connectivity index (χ0v) is 10.0. The first kappa shape index (κ1) is 10.4. The molecule has 1 nitrogen and oxygen atoms in total. The number of benzene rings is 1. The van der Waals surface area contributed by atoms with Crippen LogP contribution in [0.5, 0.6) is 5.75 Å². The predicted molar refractivity (Wildman–Crippen MR) is 71.1 cm³/mol. The lowest BCUT2D eigenvalue weighted by Crippen LogP contribution is -2.15. The first-order valence-electron chi connectivity index (χ1n) is 6.16. The van der Waals surface area contributed by atoms with Crippen molar-refractivity contribution in [3.63, 3.8) is 0 Å². The maximum atomic E-state index is 5.95. The Labute approximate surface area is 102 Å². The van der Waals surface area contributed by atoms with Crippen molar-refractivity contribution < 1.29 is 4.74 Å². The normalized spacial score (nSPS) is 23.6. The van der Waals surface area contributed by atoms with Crippen LogP contribution < -0.4 is 4.74 Å². The van der Waals surface area contributed by atoms with E-state index in [9.17, 15) is 0 Å². The summed E-state index contributed by atoms with van der Waals surface area (Å²) >= 11 is 0. The van der Waals surface area contributed by atoms with Crippen molar-refractivity contribution in [2.75, 3.05) is 0 Å². The SMILES string of the molecule is Cc1ccc2c(c1)C1=CC(/C=C\CCC=C1)O2. The van der Waals surface area contributed by atoms with Gasteiger partial charge in [-0.05, 0) is 49.6 Å². The summed E-state index contributed by atoms with van der Waals surface area (Å²) in [6, 6.07) is 6.37. The van der Waals surface area contributed by atoms with Crippen molar-refractivity contribution in [3.05, 3.63) is 59.7 Å². The van der Waals surface area contributed by atoms with E-state index in [-0.39, 0.29) is 6.10 Å². The second-order valence-corrected chi connectivity index (χ2v) is 4.61. The molecule has 0 radical (unpaired) electrons. The first-order chi connectivity index (χ1) is 8.33. The minimum Gasteiger partial charge on any atom is -0.482 e. The highest BCUT2D eigenvalue weighted by molar-refractivity contribution is 5.80. The largest absolute Gasteiger partial charge is 0.482 e. The van der Waals surface area contributed by atoms with Gasteiger partial charge in [0.15, 0.2) is 0 Å². The number of aryl methyl sites for hydroxylation is 1. The van der Waals surface area contributed by atoms with Crippen molar-refractivity contribution >= 4 is 5.57 Å². The van der Waals surface area contributed by atoms with Crippen molar-refractivity contribution in [1.82, 2.24) is 0 Å². The van der Waals surface area contributed by atoms with Gasteiger partial charge in [0.25, 0.3) is 0 Å². The maximum absolute atomic E-state index is 5.95. The molecule has 1 atom stereocenters. The number of allylic oxidation sites excluding steroid dienone is 4. The van der Waals surface area contributed by atoms with Crippen LogP contribution in [0.1, 0.15) is 24.0 Å². The molecule has 2 bridgehead atoms. The predicted octanol–water partition coefficient (Wildman–Crippen LogP) is 4.05. The molecule has 1 heterocycles. The van der Waals surface area contributed by atoms with Gasteiger partial charge in [-0.15, -0.1) is 0 Å². The third kappa shape index (κ3) is 2.05. The summed E-state index contributed by atoms with van der Waals surface area (Å²) in [6.07, 6.45) is 13.3. The van der Waals surface area contributed by atoms with Gasteiger partial charge in [-0.3, -0.25) is 0 Å². The number of ether oxygens (including phenoxy) is 1. The minimum atomic E-state index is 0.0861. The fourth-order valence-corrected chi connectivity index (χ4v) is 2.29. The highest BCUT2D eigenvalue weighted by atomic mass is 16.5. The van der Waals surface area contributed by atoms with Crippen LogP contribution in [-0.2, 0) is 0 Å². The van der Waals surface area contributed by atoms with E-state index in [1.165, 1.54) is 16.7 Å². The highest BCUT2D eigenvalue weighted by Gasteiger charge is 2.17. The molecule has 1 heteroatoms. The summed E-state index contributed by atoms with van der Waals surface area (Å²) in [7, 11) is 0. The van der Waals surface area contributed by atoms with Crippen LogP contribution in [0.4, 0.5) is 0 Å². The van der Waals surface area contributed by atoms with Crippen molar-refractivity contribution in [3.8, 4) is 5.75 Å². The highest BCUT2D eigenvalue weighted by Crippen LogP contribution is 2.34. The minimum absolute atomic E-state index is 0.0861. The Morgan fingerprint density at radius 3 is 3.00 bits per heavy atom. The third-order valence-electron chi connectivity index (χ3n) is 3.18. The molecular weight excluding hydrogens is 208 g/mol. The van der Waals surface area contributed by atoms with Crippen LogP contribution >= 0.6 is 0 Å². The number of hydrogen-bond donors (Lipinski definition) is 0. The number of rotatable bonds is 0. The van der Waals surface area contributed by atoms with Gasteiger partial charge in [0, 0.05) is 5.56 Å². The van der Waals surface area contributed by atoms with Crippen LogP contribution in [0.15, 0.2) is 48.6 Å². The van der Waals surface area contributed by atoms with E-state index in [0.717, 1.165) is 18.6 Å². The fraction of sp³-hybridized carbons (Fsp3) is 0.250. The zero-order chi connectivity index (χ0) is 11.7. The van der Waals surface area contributed by atoms with Crippen LogP contribution in [0, 0.1) is 6.92 Å². The molecule has 2 aliphatic rings. The molecule has 0 N–H and O–H groups in total. The fourth-order valence-electron chi connectivity index (χ4n) is 2.29. The summed E-state index contributed by atoms with van der Waals surface area (Å²) in [5.74, 6) is 0.995. The molecule has 0 fully saturated rings. The van der Waals surface area contributed by atoms with Crippen molar-refractivity contribution in [1.29, 1.82) is 0 Å². The van der Waals surface area contributed by atoms with Gasteiger partial charge in [0.05, 0.1) is 0 Å². The van der Waals surface area contributed by atoms with Gasteiger partial charge in [-0.25, -0.2) is 0 Å². The molecule has 1 aromatic rings. The first-order valence-corrected chi connectivity index (χ1v) is 6.16. The standard InChI is InChI=1S/C16H16O/c1-12-8-9-16-15(10-12)13-6-4-2-3-5-7-14(11-13)17-16/h4-11,14H,2-3H2,1H3/b6-4?,7-5-. The Morgan fingerprint density at radius 1 is 1.18 bits per heavy atom. The Hall–Kier alpha value is -1.76. The van der Waals surface area contributed by atoms with Crippen molar-refractivity contribution in [2.24, 2.45) is 0 Å². The van der Waals surface area contributed by atoms with Gasteiger partial charge < -0.3 is 4.74 Å². The van der Waals surface area contributed by atoms with Crippen LogP contribution in [-0.4, -0.2) is 6.10 Å². The lowest BCUT2D eigenvalue weighted by atomic mass is 9.98. The number of fused-ring (bicyclic) bond motifs is 3. The second kappa shape index (κ2) is 4.25. The molecule has 0 aromatic heterocycles. The van der Waals surface area contributed by atoms with Crippen molar-refractivity contribution in [2.45, 2.75) is 25.9 Å². The zero-order valence-electron chi connectivity index (χ0n) is 10.0. The quantitative estimate of drug-likeness (QED) is 0.604. The molecule has 1 aliphatic carbocycles. The Bertz CT molecular complexity index is 520. The molecule has 3 rings (SSSR count). The van der Waals surface area contributed by atoms with Crippen LogP contribution in [0.3, 0.4) is 0 Å². The van der Waals surface area contributed by atoms with E-state index < -0.39 is 0 Å². The molecule has 0 amide bonds. The molecule has 1 aromatic carbocycles. The molecule has 0 saturated carbocycles. The van der Waals surface area contributed by atoms with E-state index in [4.69, 9.17) is 4.74 Å². The van der Waals surface area contributed by atoms with E-state index >= 15 is 0 Å². The molecule has 86 valence electrons. The van der Waals surface area contributed by atoms with E-state index in [0.29, 0.717) is 0 Å². The van der Waals surface area contributed by atoms with Crippen LogP contribution in [0.25, 0.3) is 5.57 Å². The summed E-state index contributed by atoms with van der Waals surface area (Å²) in [5.41, 5.74) is 3.77. The molecule has 0 spiro atoms. The average Bonchev–Trinajstić information content (AvgIpc) is 2.42. The smallest absolute Gasteiger partial charge is 0.136 e. The summed E-state index contributed by atoms with van der Waals surface area (Å²) in [4.78, 5) is 0. The van der Waals surface area contributed by atoms with Crippen LogP contribution in [0.2, 0.25) is 0 Å². The van der Waals surface area contributed by atoms with E-state index in [1.54, 1.807) is 0 Å². The topological polar surface area (TPSA) is 9.23 Å². The summed E-state index contributed by atoms with van der Waals surface area (Å²) < 4.78 is 5.95. The number of hydrogen-bond acceptors (Lipinski definition) is 1. The van der Waals surface area contributed by atoms with E-state index in [2.05, 4.69) is 55.5 Å². The Kier molecular flexibility index (Phi) is 2.60. The summed E-state index contributed by atoms with van der Waals surface area (Å²) in [5, 5.41) is 0. The molecule has 0 saturated heterocycles. The lowest BCUT2D eigenvalue weighted by molar-refractivity contribution is 0.291. The van der Waals surface area contributed by atoms with Gasteiger partial charge in [0.1, 0.15) is 11.9 Å². The average molecular weight is 224 g/mol. The summed E-state index contributed by atoms with van der Waals surface area (Å²) in [6.45, 7) is 2.12.